The molecule has 2 aromatic carbocycles. The van der Waals surface area contributed by atoms with Crippen molar-refractivity contribution in [1.29, 1.82) is 0 Å². The Labute approximate surface area is 161 Å². The molecule has 0 saturated carbocycles. The molecule has 0 N–H and O–H groups in total. The molecule has 0 aliphatic carbocycles. The average molecular weight is 387 g/mol. The van der Waals surface area contributed by atoms with Crippen LogP contribution in [-0.4, -0.2) is 38.6 Å². The van der Waals surface area contributed by atoms with Crippen molar-refractivity contribution in [2.45, 2.75) is 33.2 Å². The number of hydrogen-bond donors (Lipinski definition) is 0. The summed E-state index contributed by atoms with van der Waals surface area (Å²) in [6.45, 7) is 5.29. The number of amides is 1. The predicted octanol–water partition coefficient (Wildman–Crippen LogP) is 3.04. The van der Waals surface area contributed by atoms with Crippen LogP contribution in [0.4, 0.5) is 5.69 Å². The van der Waals surface area contributed by atoms with Crippen molar-refractivity contribution < 1.29 is 13.2 Å². The molecule has 144 valence electrons. The minimum absolute atomic E-state index is 0.0107. The van der Waals surface area contributed by atoms with Gasteiger partial charge in [-0.25, -0.2) is 8.42 Å². The summed E-state index contributed by atoms with van der Waals surface area (Å²) in [5.74, 6) is -0.0107. The second-order valence-electron chi connectivity index (χ2n) is 7.14. The lowest BCUT2D eigenvalue weighted by atomic mass is 10.00. The third kappa shape index (κ3) is 4.33. The molecule has 3 rings (SSSR count). The summed E-state index contributed by atoms with van der Waals surface area (Å²) < 4.78 is 26.1. The molecule has 0 aromatic heterocycles. The summed E-state index contributed by atoms with van der Waals surface area (Å²) in [7, 11) is -3.47. The van der Waals surface area contributed by atoms with Crippen LogP contribution in [0.3, 0.4) is 0 Å². The zero-order valence-corrected chi connectivity index (χ0v) is 16.9. The molecule has 1 amide bonds. The van der Waals surface area contributed by atoms with Crippen LogP contribution < -0.4 is 4.31 Å². The van der Waals surface area contributed by atoms with Crippen LogP contribution in [-0.2, 0) is 27.8 Å². The highest BCUT2D eigenvalue weighted by molar-refractivity contribution is 7.92. The number of nitrogens with zero attached hydrogens (tertiary/aromatic N) is 2. The van der Waals surface area contributed by atoms with E-state index in [2.05, 4.69) is 6.07 Å². The molecule has 1 heterocycles. The van der Waals surface area contributed by atoms with Crippen LogP contribution in [0.15, 0.2) is 42.5 Å². The fourth-order valence-corrected chi connectivity index (χ4v) is 4.51. The zero-order valence-electron chi connectivity index (χ0n) is 16.1. The van der Waals surface area contributed by atoms with Crippen molar-refractivity contribution in [2.75, 3.05) is 23.7 Å². The molecule has 27 heavy (non-hydrogen) atoms. The Morgan fingerprint density at radius 1 is 1.07 bits per heavy atom. The Morgan fingerprint density at radius 3 is 2.48 bits per heavy atom. The fraction of sp³-hybridized carbons (Fsp3) is 0.381. The van der Waals surface area contributed by atoms with Crippen LogP contribution >= 0.6 is 0 Å². The lowest BCUT2D eigenvalue weighted by Gasteiger charge is -2.30. The first-order chi connectivity index (χ1) is 12.8. The van der Waals surface area contributed by atoms with E-state index in [1.807, 2.05) is 49.1 Å². The van der Waals surface area contributed by atoms with E-state index in [9.17, 15) is 13.2 Å². The van der Waals surface area contributed by atoms with Crippen LogP contribution in [0, 0.1) is 13.8 Å². The Morgan fingerprint density at radius 2 is 1.78 bits per heavy atom. The van der Waals surface area contributed by atoms with E-state index in [-0.39, 0.29) is 18.9 Å². The summed E-state index contributed by atoms with van der Waals surface area (Å²) in [5.41, 5.74) is 5.05. The number of anilines is 1. The standard InChI is InChI=1S/C21H26N2O3S/c1-16-7-6-10-20(17(16)2)23(27(3,25)26)14-12-21(24)22-13-11-18-8-4-5-9-19(18)15-22/h4-10H,11-15H2,1-3H3. The maximum absolute atomic E-state index is 12.7. The SMILES string of the molecule is Cc1cccc(N(CCC(=O)N2CCc3ccccc3C2)S(C)(=O)=O)c1C. The number of fused-ring (bicyclic) bond motifs is 1. The molecule has 0 atom stereocenters. The molecular formula is C21H26N2O3S. The average Bonchev–Trinajstić information content (AvgIpc) is 2.63. The Hall–Kier alpha value is -2.34. The summed E-state index contributed by atoms with van der Waals surface area (Å²) in [4.78, 5) is 14.6. The topological polar surface area (TPSA) is 57.7 Å². The maximum atomic E-state index is 12.7. The molecule has 5 nitrogen and oxygen atoms in total. The predicted molar refractivity (Wildman–Crippen MR) is 108 cm³/mol. The van der Waals surface area contributed by atoms with Gasteiger partial charge in [-0.2, -0.15) is 0 Å². The van der Waals surface area contributed by atoms with Gasteiger partial charge in [-0.3, -0.25) is 9.10 Å². The molecule has 2 aromatic rings. The summed E-state index contributed by atoms with van der Waals surface area (Å²) in [6, 6.07) is 13.7. The lowest BCUT2D eigenvalue weighted by molar-refractivity contribution is -0.131. The second-order valence-corrected chi connectivity index (χ2v) is 9.04. The number of sulfonamides is 1. The van der Waals surface area contributed by atoms with Gasteiger partial charge in [-0.05, 0) is 48.6 Å². The molecule has 1 aliphatic rings. The Balaban J connectivity index is 1.73. The van der Waals surface area contributed by atoms with E-state index in [0.717, 1.165) is 17.5 Å². The molecule has 6 heteroatoms. The third-order valence-corrected chi connectivity index (χ3v) is 6.44. The molecule has 0 spiro atoms. The van der Waals surface area contributed by atoms with Gasteiger partial charge in [-0.1, -0.05) is 36.4 Å². The normalized spacial score (nSPS) is 14.0. The van der Waals surface area contributed by atoms with Crippen molar-refractivity contribution in [3.8, 4) is 0 Å². The number of hydrogen-bond acceptors (Lipinski definition) is 3. The van der Waals surface area contributed by atoms with Crippen LogP contribution in [0.5, 0.6) is 0 Å². The molecule has 0 fully saturated rings. The summed E-state index contributed by atoms with van der Waals surface area (Å²) in [6.07, 6.45) is 2.20. The Bertz CT molecular complexity index is 954. The van der Waals surface area contributed by atoms with E-state index in [1.54, 1.807) is 6.07 Å². The first-order valence-corrected chi connectivity index (χ1v) is 11.0. The van der Waals surface area contributed by atoms with E-state index in [0.29, 0.717) is 18.8 Å². The summed E-state index contributed by atoms with van der Waals surface area (Å²) in [5, 5.41) is 0. The third-order valence-electron chi connectivity index (χ3n) is 5.26. The fourth-order valence-electron chi connectivity index (χ4n) is 3.53. The van der Waals surface area contributed by atoms with Crippen molar-refractivity contribution in [3.05, 3.63) is 64.7 Å². The first-order valence-electron chi connectivity index (χ1n) is 9.16. The van der Waals surface area contributed by atoms with Gasteiger partial charge in [0.15, 0.2) is 0 Å². The van der Waals surface area contributed by atoms with E-state index >= 15 is 0 Å². The molecule has 0 bridgehead atoms. The van der Waals surface area contributed by atoms with Gasteiger partial charge in [0.05, 0.1) is 11.9 Å². The first kappa shape index (κ1) is 19.4. The lowest BCUT2D eigenvalue weighted by Crippen LogP contribution is -2.39. The van der Waals surface area contributed by atoms with Gasteiger partial charge < -0.3 is 4.90 Å². The van der Waals surface area contributed by atoms with E-state index < -0.39 is 10.0 Å². The maximum Gasteiger partial charge on any atom is 0.232 e. The minimum atomic E-state index is -3.47. The van der Waals surface area contributed by atoms with Gasteiger partial charge in [0.25, 0.3) is 0 Å². The minimum Gasteiger partial charge on any atom is -0.338 e. The van der Waals surface area contributed by atoms with Crippen molar-refractivity contribution in [2.24, 2.45) is 0 Å². The summed E-state index contributed by atoms with van der Waals surface area (Å²) >= 11 is 0. The molecule has 0 radical (unpaired) electrons. The van der Waals surface area contributed by atoms with Crippen LogP contribution in [0.2, 0.25) is 0 Å². The quantitative estimate of drug-likeness (QED) is 0.794. The highest BCUT2D eigenvalue weighted by Gasteiger charge is 2.24. The number of carbonyl (C=O) groups excluding carboxylic acids is 1. The van der Waals surface area contributed by atoms with E-state index in [4.69, 9.17) is 0 Å². The van der Waals surface area contributed by atoms with Crippen molar-refractivity contribution in [3.63, 3.8) is 0 Å². The van der Waals surface area contributed by atoms with Gasteiger partial charge in [0.2, 0.25) is 15.9 Å². The Kier molecular flexibility index (Phi) is 5.56. The van der Waals surface area contributed by atoms with Crippen LogP contribution in [0.1, 0.15) is 28.7 Å². The van der Waals surface area contributed by atoms with Crippen molar-refractivity contribution >= 4 is 21.6 Å². The van der Waals surface area contributed by atoms with Gasteiger partial charge in [-0.15, -0.1) is 0 Å². The number of benzene rings is 2. The van der Waals surface area contributed by atoms with Crippen LogP contribution in [0.25, 0.3) is 0 Å². The molecule has 1 aliphatic heterocycles. The zero-order chi connectivity index (χ0) is 19.6. The smallest absolute Gasteiger partial charge is 0.232 e. The van der Waals surface area contributed by atoms with E-state index in [1.165, 1.54) is 21.7 Å². The number of rotatable bonds is 5. The van der Waals surface area contributed by atoms with Gasteiger partial charge in [0.1, 0.15) is 0 Å². The molecule has 0 saturated heterocycles. The number of carbonyl (C=O) groups is 1. The molecular weight excluding hydrogens is 360 g/mol. The van der Waals surface area contributed by atoms with Crippen molar-refractivity contribution in [1.82, 2.24) is 4.90 Å². The largest absolute Gasteiger partial charge is 0.338 e. The monoisotopic (exact) mass is 386 g/mol. The number of aryl methyl sites for hydroxylation is 1. The molecule has 0 unspecified atom stereocenters. The van der Waals surface area contributed by atoms with Gasteiger partial charge in [0, 0.05) is 26.1 Å². The second kappa shape index (κ2) is 7.72. The highest BCUT2D eigenvalue weighted by Crippen LogP contribution is 2.25. The highest BCUT2D eigenvalue weighted by atomic mass is 32.2. The van der Waals surface area contributed by atoms with Gasteiger partial charge >= 0.3 is 0 Å².